The van der Waals surface area contributed by atoms with E-state index in [1.165, 1.54) is 11.3 Å². The van der Waals surface area contributed by atoms with Crippen molar-refractivity contribution in [3.05, 3.63) is 41.3 Å². The van der Waals surface area contributed by atoms with Crippen LogP contribution in [0.3, 0.4) is 0 Å². The third-order valence-corrected chi connectivity index (χ3v) is 3.49. The average molecular weight is 233 g/mol. The second-order valence-electron chi connectivity index (χ2n) is 3.69. The summed E-state index contributed by atoms with van der Waals surface area (Å²) in [5, 5.41) is 3.17. The summed E-state index contributed by atoms with van der Waals surface area (Å²) in [5.74, 6) is 0.925. The van der Waals surface area contributed by atoms with Gasteiger partial charge in [-0.25, -0.2) is 0 Å². The quantitative estimate of drug-likeness (QED) is 0.798. The van der Waals surface area contributed by atoms with Gasteiger partial charge in [0.1, 0.15) is 5.00 Å². The topological polar surface area (TPSA) is 12.5 Å². The summed E-state index contributed by atoms with van der Waals surface area (Å²) in [6.45, 7) is 2.10. The predicted molar refractivity (Wildman–Crippen MR) is 70.1 cm³/mol. The minimum Gasteiger partial charge on any atom is -0.494 e. The van der Waals surface area contributed by atoms with Gasteiger partial charge >= 0.3 is 0 Å². The lowest BCUT2D eigenvalue weighted by atomic mass is 10.2. The van der Waals surface area contributed by atoms with Crippen LogP contribution >= 0.6 is 11.3 Å². The second-order valence-corrected chi connectivity index (χ2v) is 4.59. The molecular formula is C13H15NOS. The third kappa shape index (κ3) is 2.04. The number of hydrogen-bond acceptors (Lipinski definition) is 3. The van der Waals surface area contributed by atoms with Crippen LogP contribution in [0.15, 0.2) is 35.7 Å². The van der Waals surface area contributed by atoms with Crippen molar-refractivity contribution in [1.29, 1.82) is 0 Å². The maximum atomic E-state index is 5.33. The zero-order valence-corrected chi connectivity index (χ0v) is 10.5. The number of hydrogen-bond donors (Lipinski definition) is 0. The molecule has 1 aromatic carbocycles. The summed E-state index contributed by atoms with van der Waals surface area (Å²) in [6.07, 6.45) is 0. The lowest BCUT2D eigenvalue weighted by molar-refractivity contribution is 0.417. The van der Waals surface area contributed by atoms with E-state index in [2.05, 4.69) is 43.1 Å². The highest BCUT2D eigenvalue weighted by molar-refractivity contribution is 7.14. The smallest absolute Gasteiger partial charge is 0.153 e. The van der Waals surface area contributed by atoms with E-state index in [1.54, 1.807) is 18.4 Å². The maximum absolute atomic E-state index is 5.33. The van der Waals surface area contributed by atoms with E-state index in [0.717, 1.165) is 10.8 Å². The highest BCUT2D eigenvalue weighted by Crippen LogP contribution is 2.37. The Morgan fingerprint density at radius 2 is 2.06 bits per heavy atom. The molecule has 0 saturated heterocycles. The van der Waals surface area contributed by atoms with Gasteiger partial charge in [0.2, 0.25) is 0 Å². The number of anilines is 2. The molecule has 0 spiro atoms. The molecular weight excluding hydrogens is 218 g/mol. The van der Waals surface area contributed by atoms with Crippen molar-refractivity contribution < 1.29 is 4.74 Å². The first kappa shape index (κ1) is 11.0. The fraction of sp³-hybridized carbons (Fsp3) is 0.231. The molecule has 0 amide bonds. The molecule has 3 heteroatoms. The first-order chi connectivity index (χ1) is 7.72. The van der Waals surface area contributed by atoms with Gasteiger partial charge in [-0.05, 0) is 36.1 Å². The molecule has 16 heavy (non-hydrogen) atoms. The van der Waals surface area contributed by atoms with Crippen molar-refractivity contribution in [3.8, 4) is 5.75 Å². The van der Waals surface area contributed by atoms with Crippen LogP contribution in [-0.4, -0.2) is 14.2 Å². The Balaban J connectivity index is 2.35. The molecule has 0 aliphatic rings. The van der Waals surface area contributed by atoms with Crippen LogP contribution in [0, 0.1) is 6.92 Å². The first-order valence-electron chi connectivity index (χ1n) is 5.14. The van der Waals surface area contributed by atoms with Gasteiger partial charge in [0.25, 0.3) is 0 Å². The van der Waals surface area contributed by atoms with Crippen LogP contribution in [0.1, 0.15) is 5.56 Å². The normalized spacial score (nSPS) is 10.2. The molecule has 84 valence electrons. The Kier molecular flexibility index (Phi) is 3.15. The van der Waals surface area contributed by atoms with E-state index in [-0.39, 0.29) is 0 Å². The van der Waals surface area contributed by atoms with E-state index in [4.69, 9.17) is 4.74 Å². The van der Waals surface area contributed by atoms with Gasteiger partial charge in [0, 0.05) is 12.7 Å². The molecule has 0 bridgehead atoms. The third-order valence-electron chi connectivity index (χ3n) is 2.52. The number of thiophene rings is 1. The Labute approximate surface area is 100 Å². The highest BCUT2D eigenvalue weighted by atomic mass is 32.1. The van der Waals surface area contributed by atoms with Crippen molar-refractivity contribution >= 4 is 22.0 Å². The van der Waals surface area contributed by atoms with E-state index in [0.29, 0.717) is 0 Å². The Morgan fingerprint density at radius 3 is 2.75 bits per heavy atom. The lowest BCUT2D eigenvalue weighted by Gasteiger charge is -2.19. The van der Waals surface area contributed by atoms with Gasteiger partial charge in [0.15, 0.2) is 5.75 Å². The molecule has 2 aromatic rings. The average Bonchev–Trinajstić information content (AvgIpc) is 2.76. The van der Waals surface area contributed by atoms with E-state index < -0.39 is 0 Å². The Bertz CT molecular complexity index is 478. The molecule has 0 atom stereocenters. The predicted octanol–water partition coefficient (Wildman–Crippen LogP) is 3.83. The standard InChI is InChI=1S/C13H15NOS/c1-10-5-4-6-11(9-10)14(2)13-12(15-3)7-8-16-13/h4-9H,1-3H3. The molecule has 0 saturated carbocycles. The minimum absolute atomic E-state index is 0.925. The number of methoxy groups -OCH3 is 1. The summed E-state index contributed by atoms with van der Waals surface area (Å²) >= 11 is 1.68. The summed E-state index contributed by atoms with van der Waals surface area (Å²) in [7, 11) is 3.76. The highest BCUT2D eigenvalue weighted by Gasteiger charge is 2.11. The fourth-order valence-electron chi connectivity index (χ4n) is 1.64. The molecule has 2 rings (SSSR count). The largest absolute Gasteiger partial charge is 0.494 e. The van der Waals surface area contributed by atoms with E-state index in [1.807, 2.05) is 11.4 Å². The summed E-state index contributed by atoms with van der Waals surface area (Å²) in [5.41, 5.74) is 2.45. The molecule has 0 unspecified atom stereocenters. The van der Waals surface area contributed by atoms with Crippen molar-refractivity contribution in [2.24, 2.45) is 0 Å². The molecule has 1 aromatic heterocycles. The van der Waals surface area contributed by atoms with Gasteiger partial charge in [-0.2, -0.15) is 0 Å². The number of benzene rings is 1. The first-order valence-corrected chi connectivity index (χ1v) is 6.02. The number of ether oxygens (including phenoxy) is 1. The van der Waals surface area contributed by atoms with Gasteiger partial charge < -0.3 is 9.64 Å². The molecule has 0 radical (unpaired) electrons. The SMILES string of the molecule is COc1ccsc1N(C)c1cccc(C)c1. The fourth-order valence-corrected chi connectivity index (χ4v) is 2.49. The molecule has 0 aliphatic carbocycles. The van der Waals surface area contributed by atoms with Crippen molar-refractivity contribution in [2.75, 3.05) is 19.1 Å². The van der Waals surface area contributed by atoms with Gasteiger partial charge in [-0.3, -0.25) is 0 Å². The monoisotopic (exact) mass is 233 g/mol. The van der Waals surface area contributed by atoms with Crippen LogP contribution in [0.2, 0.25) is 0 Å². The van der Waals surface area contributed by atoms with Gasteiger partial charge in [0.05, 0.1) is 7.11 Å². The van der Waals surface area contributed by atoms with Crippen LogP contribution < -0.4 is 9.64 Å². The van der Waals surface area contributed by atoms with Crippen LogP contribution in [0.5, 0.6) is 5.75 Å². The number of nitrogens with zero attached hydrogens (tertiary/aromatic N) is 1. The molecule has 0 N–H and O–H groups in total. The Morgan fingerprint density at radius 1 is 1.25 bits per heavy atom. The molecule has 0 fully saturated rings. The maximum Gasteiger partial charge on any atom is 0.153 e. The number of rotatable bonds is 3. The second kappa shape index (κ2) is 4.58. The van der Waals surface area contributed by atoms with Crippen molar-refractivity contribution in [3.63, 3.8) is 0 Å². The summed E-state index contributed by atoms with van der Waals surface area (Å²) < 4.78 is 5.33. The van der Waals surface area contributed by atoms with E-state index in [9.17, 15) is 0 Å². The Hall–Kier alpha value is -1.48. The van der Waals surface area contributed by atoms with E-state index >= 15 is 0 Å². The zero-order chi connectivity index (χ0) is 11.5. The van der Waals surface area contributed by atoms with Gasteiger partial charge in [-0.15, -0.1) is 11.3 Å². The number of aryl methyl sites for hydroxylation is 1. The van der Waals surface area contributed by atoms with Crippen molar-refractivity contribution in [2.45, 2.75) is 6.92 Å². The molecule has 1 heterocycles. The van der Waals surface area contributed by atoms with Crippen LogP contribution in [0.4, 0.5) is 10.7 Å². The lowest BCUT2D eigenvalue weighted by Crippen LogP contribution is -2.08. The minimum atomic E-state index is 0.925. The van der Waals surface area contributed by atoms with Crippen LogP contribution in [0.25, 0.3) is 0 Å². The van der Waals surface area contributed by atoms with Gasteiger partial charge in [-0.1, -0.05) is 12.1 Å². The summed E-state index contributed by atoms with van der Waals surface area (Å²) in [6, 6.07) is 10.4. The van der Waals surface area contributed by atoms with Crippen LogP contribution in [-0.2, 0) is 0 Å². The summed E-state index contributed by atoms with van der Waals surface area (Å²) in [4.78, 5) is 2.15. The van der Waals surface area contributed by atoms with Crippen molar-refractivity contribution in [1.82, 2.24) is 0 Å². The zero-order valence-electron chi connectivity index (χ0n) is 9.73. The molecule has 0 aliphatic heterocycles. The molecule has 2 nitrogen and oxygen atoms in total.